The highest BCUT2D eigenvalue weighted by Gasteiger charge is 2.44. The maximum atomic E-state index is 11.9. The van der Waals surface area contributed by atoms with Gasteiger partial charge < -0.3 is 9.84 Å². The van der Waals surface area contributed by atoms with Gasteiger partial charge in [0.05, 0.1) is 11.4 Å². The second-order valence-corrected chi connectivity index (χ2v) is 6.31. The third kappa shape index (κ3) is 3.41. The molecule has 3 heterocycles. The van der Waals surface area contributed by atoms with Gasteiger partial charge >= 0.3 is 5.97 Å². The van der Waals surface area contributed by atoms with Crippen LogP contribution < -0.4 is 4.74 Å². The van der Waals surface area contributed by atoms with E-state index >= 15 is 0 Å². The Morgan fingerprint density at radius 3 is 2.75 bits per heavy atom. The largest absolute Gasteiger partial charge is 0.478 e. The molecule has 2 aromatic rings. The van der Waals surface area contributed by atoms with E-state index in [1.807, 2.05) is 19.9 Å². The molecule has 0 unspecified atom stereocenters. The number of hydrogen-bond acceptors (Lipinski definition) is 5. The summed E-state index contributed by atoms with van der Waals surface area (Å²) in [5, 5.41) is 16.9. The van der Waals surface area contributed by atoms with Crippen molar-refractivity contribution in [2.75, 3.05) is 13.1 Å². The molecule has 0 aromatic carbocycles. The van der Waals surface area contributed by atoms with Crippen molar-refractivity contribution in [3.8, 4) is 5.75 Å². The number of rotatable bonds is 5. The van der Waals surface area contributed by atoms with Crippen LogP contribution in [0.3, 0.4) is 0 Å². The summed E-state index contributed by atoms with van der Waals surface area (Å²) in [5.41, 5.74) is 1.51. The number of aromatic amines is 1. The highest BCUT2D eigenvalue weighted by Crippen LogP contribution is 2.30. The van der Waals surface area contributed by atoms with Crippen LogP contribution in [0, 0.1) is 13.8 Å². The summed E-state index contributed by atoms with van der Waals surface area (Å²) in [6, 6.07) is 5.54. The zero-order chi connectivity index (χ0) is 17.2. The number of carboxylic acids is 1. The van der Waals surface area contributed by atoms with Gasteiger partial charge in [0.25, 0.3) is 0 Å². The van der Waals surface area contributed by atoms with Crippen LogP contribution in [0.25, 0.3) is 0 Å². The molecule has 0 atom stereocenters. The number of likely N-dealkylation sites (tertiary alicyclic amines) is 1. The molecule has 1 aliphatic heterocycles. The molecule has 0 radical (unpaired) electrons. The van der Waals surface area contributed by atoms with Gasteiger partial charge in [0.1, 0.15) is 5.75 Å². The molecule has 0 bridgehead atoms. The summed E-state index contributed by atoms with van der Waals surface area (Å²) in [6.45, 7) is 5.80. The molecular weight excluding hydrogens is 308 g/mol. The van der Waals surface area contributed by atoms with Gasteiger partial charge in [-0.05, 0) is 32.0 Å². The van der Waals surface area contributed by atoms with Crippen molar-refractivity contribution < 1.29 is 14.6 Å². The van der Waals surface area contributed by atoms with Crippen molar-refractivity contribution in [3.63, 3.8) is 0 Å². The number of aliphatic carboxylic acids is 1. The number of piperidine rings is 1. The van der Waals surface area contributed by atoms with Crippen LogP contribution in [0.5, 0.6) is 5.75 Å². The third-order valence-electron chi connectivity index (χ3n) is 4.46. The minimum Gasteiger partial charge on any atom is -0.478 e. The zero-order valence-corrected chi connectivity index (χ0v) is 14.0. The van der Waals surface area contributed by atoms with Crippen LogP contribution in [0.15, 0.2) is 24.4 Å². The topological polar surface area (TPSA) is 91.3 Å². The Bertz CT molecular complexity index is 720. The van der Waals surface area contributed by atoms with Crippen LogP contribution >= 0.6 is 0 Å². The highest BCUT2D eigenvalue weighted by molar-refractivity contribution is 5.78. The molecule has 2 aromatic heterocycles. The average molecular weight is 330 g/mol. The van der Waals surface area contributed by atoms with E-state index in [-0.39, 0.29) is 0 Å². The summed E-state index contributed by atoms with van der Waals surface area (Å²) in [4.78, 5) is 18.3. The molecule has 0 saturated carbocycles. The van der Waals surface area contributed by atoms with E-state index in [0.717, 1.165) is 11.4 Å². The predicted molar refractivity (Wildman–Crippen MR) is 87.8 cm³/mol. The molecule has 0 spiro atoms. The lowest BCUT2D eigenvalue weighted by atomic mass is 9.91. The van der Waals surface area contributed by atoms with Crippen molar-refractivity contribution in [3.05, 3.63) is 41.5 Å². The van der Waals surface area contributed by atoms with Gasteiger partial charge in [-0.25, -0.2) is 4.79 Å². The minimum atomic E-state index is -1.19. The lowest BCUT2D eigenvalue weighted by molar-refractivity contribution is -0.160. The van der Waals surface area contributed by atoms with Crippen molar-refractivity contribution in [1.82, 2.24) is 20.1 Å². The molecule has 2 N–H and O–H groups in total. The number of aromatic nitrogens is 3. The maximum Gasteiger partial charge on any atom is 0.348 e. The Balaban J connectivity index is 1.68. The van der Waals surface area contributed by atoms with Crippen LogP contribution in [-0.2, 0) is 11.3 Å². The van der Waals surface area contributed by atoms with E-state index in [1.54, 1.807) is 18.3 Å². The van der Waals surface area contributed by atoms with Gasteiger partial charge in [0.2, 0.25) is 5.60 Å². The van der Waals surface area contributed by atoms with E-state index in [1.165, 1.54) is 0 Å². The molecule has 1 aliphatic rings. The normalized spacial score (nSPS) is 17.6. The lowest BCUT2D eigenvalue weighted by Crippen LogP contribution is -2.53. The smallest absolute Gasteiger partial charge is 0.348 e. The first-order chi connectivity index (χ1) is 11.5. The van der Waals surface area contributed by atoms with Gasteiger partial charge in [-0.3, -0.25) is 15.0 Å². The van der Waals surface area contributed by atoms with E-state index in [4.69, 9.17) is 4.74 Å². The Morgan fingerprint density at radius 1 is 1.42 bits per heavy atom. The fourth-order valence-electron chi connectivity index (χ4n) is 3.00. The molecular formula is C17H22N4O3. The van der Waals surface area contributed by atoms with Crippen molar-refractivity contribution in [2.24, 2.45) is 0 Å². The molecule has 1 fully saturated rings. The number of carboxylic acid groups (broad SMARTS) is 1. The van der Waals surface area contributed by atoms with Gasteiger partial charge in [-0.2, -0.15) is 5.10 Å². The molecule has 7 nitrogen and oxygen atoms in total. The molecule has 7 heteroatoms. The molecule has 3 rings (SSSR count). The number of nitrogens with one attached hydrogen (secondary N) is 1. The Labute approximate surface area is 140 Å². The van der Waals surface area contributed by atoms with Crippen molar-refractivity contribution in [1.29, 1.82) is 0 Å². The number of hydrogen-bond donors (Lipinski definition) is 2. The minimum absolute atomic E-state index is 0.431. The number of nitrogens with zero attached hydrogens (tertiary/aromatic N) is 3. The Morgan fingerprint density at radius 2 is 2.17 bits per heavy atom. The van der Waals surface area contributed by atoms with E-state index in [0.29, 0.717) is 43.9 Å². The first kappa shape index (κ1) is 16.4. The third-order valence-corrected chi connectivity index (χ3v) is 4.46. The second kappa shape index (κ2) is 6.60. The molecule has 1 saturated heterocycles. The summed E-state index contributed by atoms with van der Waals surface area (Å²) in [6.07, 6.45) is 2.53. The molecule has 0 amide bonds. The number of pyridine rings is 1. The quantitative estimate of drug-likeness (QED) is 0.870. The van der Waals surface area contributed by atoms with E-state index < -0.39 is 11.6 Å². The number of ether oxygens (including phenoxy) is 1. The second-order valence-electron chi connectivity index (χ2n) is 6.31. The SMILES string of the molecule is Cc1cc(CN2CCC(Oc3cccnc3C)(C(=O)O)CC2)n[nH]1. The molecule has 0 aliphatic carbocycles. The molecule has 128 valence electrons. The average Bonchev–Trinajstić information content (AvgIpc) is 2.96. The van der Waals surface area contributed by atoms with E-state index in [2.05, 4.69) is 20.1 Å². The summed E-state index contributed by atoms with van der Waals surface area (Å²) in [5.74, 6) is -0.378. The number of carbonyl (C=O) groups is 1. The Hall–Kier alpha value is -2.41. The standard InChI is InChI=1S/C17H22N4O3/c1-12-10-14(20-19-12)11-21-8-5-17(6-9-21,16(22)23)24-15-4-3-7-18-13(15)2/h3-4,7,10H,5-6,8-9,11H2,1-2H3,(H,19,20)(H,22,23). The van der Waals surface area contributed by atoms with Crippen LogP contribution in [0.2, 0.25) is 0 Å². The van der Waals surface area contributed by atoms with Gasteiger partial charge in [0, 0.05) is 44.4 Å². The van der Waals surface area contributed by atoms with Gasteiger partial charge in [0.15, 0.2) is 0 Å². The van der Waals surface area contributed by atoms with Crippen LogP contribution in [-0.4, -0.2) is 49.8 Å². The summed E-state index contributed by atoms with van der Waals surface area (Å²) >= 11 is 0. The Kier molecular flexibility index (Phi) is 4.53. The number of aryl methyl sites for hydroxylation is 2. The van der Waals surface area contributed by atoms with Crippen LogP contribution in [0.1, 0.15) is 29.9 Å². The van der Waals surface area contributed by atoms with Crippen LogP contribution in [0.4, 0.5) is 0 Å². The van der Waals surface area contributed by atoms with Crippen molar-refractivity contribution in [2.45, 2.75) is 38.8 Å². The predicted octanol–water partition coefficient (Wildman–Crippen LogP) is 1.92. The maximum absolute atomic E-state index is 11.9. The lowest BCUT2D eigenvalue weighted by Gasteiger charge is -2.38. The number of H-pyrrole nitrogens is 1. The fraction of sp³-hybridized carbons (Fsp3) is 0.471. The van der Waals surface area contributed by atoms with Crippen molar-refractivity contribution >= 4 is 5.97 Å². The summed E-state index contributed by atoms with van der Waals surface area (Å²) in [7, 11) is 0. The first-order valence-electron chi connectivity index (χ1n) is 8.06. The summed E-state index contributed by atoms with van der Waals surface area (Å²) < 4.78 is 5.93. The first-order valence-corrected chi connectivity index (χ1v) is 8.06. The van der Waals surface area contributed by atoms with Gasteiger partial charge in [-0.1, -0.05) is 0 Å². The monoisotopic (exact) mass is 330 g/mol. The van der Waals surface area contributed by atoms with Gasteiger partial charge in [-0.15, -0.1) is 0 Å². The molecule has 24 heavy (non-hydrogen) atoms. The highest BCUT2D eigenvalue weighted by atomic mass is 16.5. The fourth-order valence-corrected chi connectivity index (χ4v) is 3.00. The van der Waals surface area contributed by atoms with E-state index in [9.17, 15) is 9.90 Å². The zero-order valence-electron chi connectivity index (χ0n) is 14.0.